The number of hydrogen-bond acceptors (Lipinski definition) is 4. The Kier molecular flexibility index (Phi) is 1.12. The minimum atomic E-state index is -0.325. The Morgan fingerprint density at radius 2 is 2.33 bits per heavy atom. The van der Waals surface area contributed by atoms with E-state index in [9.17, 15) is 4.79 Å². The fraction of sp³-hybridized carbons (Fsp3) is 0. The molecule has 0 radical (unpaired) electrons. The van der Waals surface area contributed by atoms with E-state index in [0.29, 0.717) is 11.0 Å². The number of aromatic amines is 1. The van der Waals surface area contributed by atoms with Gasteiger partial charge in [0.25, 0.3) is 5.56 Å². The summed E-state index contributed by atoms with van der Waals surface area (Å²) >= 11 is 0. The van der Waals surface area contributed by atoms with Crippen LogP contribution in [0.4, 0.5) is 5.82 Å². The Balaban J connectivity index is 3.03. The van der Waals surface area contributed by atoms with E-state index in [0.717, 1.165) is 0 Å². The molecule has 2 aromatic rings. The number of H-pyrrole nitrogens is 1. The SMILES string of the molecule is Nc1cc2c(ncn2N)c(=O)[nH]1. The first-order valence-electron chi connectivity index (χ1n) is 3.29. The van der Waals surface area contributed by atoms with Gasteiger partial charge in [0, 0.05) is 6.07 Å². The highest BCUT2D eigenvalue weighted by Gasteiger charge is 2.04. The molecule has 6 nitrogen and oxygen atoms in total. The number of imidazole rings is 1. The van der Waals surface area contributed by atoms with E-state index in [-0.39, 0.29) is 11.4 Å². The third kappa shape index (κ3) is 0.746. The van der Waals surface area contributed by atoms with Crippen LogP contribution < -0.4 is 17.1 Å². The van der Waals surface area contributed by atoms with Crippen LogP contribution in [0.25, 0.3) is 11.0 Å². The van der Waals surface area contributed by atoms with E-state index >= 15 is 0 Å². The number of fused-ring (bicyclic) bond motifs is 1. The van der Waals surface area contributed by atoms with Crippen LogP contribution in [0.15, 0.2) is 17.2 Å². The van der Waals surface area contributed by atoms with E-state index in [4.69, 9.17) is 11.6 Å². The van der Waals surface area contributed by atoms with Crippen LogP contribution in [-0.2, 0) is 0 Å². The summed E-state index contributed by atoms with van der Waals surface area (Å²) in [5, 5.41) is 0. The molecule has 0 bridgehead atoms. The average molecular weight is 165 g/mol. The number of nitrogens with two attached hydrogens (primary N) is 2. The summed E-state index contributed by atoms with van der Waals surface area (Å²) < 4.78 is 1.25. The van der Waals surface area contributed by atoms with Crippen molar-refractivity contribution in [1.29, 1.82) is 0 Å². The number of nitrogens with zero attached hydrogens (tertiary/aromatic N) is 2. The molecule has 2 rings (SSSR count). The number of nitrogen functional groups attached to an aromatic ring is 2. The van der Waals surface area contributed by atoms with Gasteiger partial charge >= 0.3 is 0 Å². The zero-order valence-corrected chi connectivity index (χ0v) is 6.11. The maximum absolute atomic E-state index is 11.1. The Bertz CT molecular complexity index is 482. The highest BCUT2D eigenvalue weighted by molar-refractivity contribution is 5.76. The molecule has 0 atom stereocenters. The van der Waals surface area contributed by atoms with E-state index in [1.54, 1.807) is 6.07 Å². The molecule has 62 valence electrons. The largest absolute Gasteiger partial charge is 0.385 e. The van der Waals surface area contributed by atoms with Gasteiger partial charge < -0.3 is 16.6 Å². The number of rotatable bonds is 0. The molecule has 0 amide bonds. The summed E-state index contributed by atoms with van der Waals surface area (Å²) in [6.07, 6.45) is 1.36. The van der Waals surface area contributed by atoms with Gasteiger partial charge in [0.1, 0.15) is 12.1 Å². The van der Waals surface area contributed by atoms with Crippen molar-refractivity contribution in [3.8, 4) is 0 Å². The zero-order valence-electron chi connectivity index (χ0n) is 6.11. The van der Waals surface area contributed by atoms with Crippen molar-refractivity contribution >= 4 is 16.9 Å². The lowest BCUT2D eigenvalue weighted by Crippen LogP contribution is -2.11. The van der Waals surface area contributed by atoms with E-state index in [1.807, 2.05) is 0 Å². The summed E-state index contributed by atoms with van der Waals surface area (Å²) in [5.41, 5.74) is 5.90. The van der Waals surface area contributed by atoms with Crippen LogP contribution in [0.2, 0.25) is 0 Å². The first-order valence-corrected chi connectivity index (χ1v) is 3.29. The summed E-state index contributed by atoms with van der Waals surface area (Å²) in [6.45, 7) is 0. The molecule has 6 heteroatoms. The molecule has 2 aromatic heterocycles. The highest BCUT2D eigenvalue weighted by Crippen LogP contribution is 2.06. The van der Waals surface area contributed by atoms with E-state index in [2.05, 4.69) is 9.97 Å². The topological polar surface area (TPSA) is 103 Å². The molecule has 0 saturated carbocycles. The van der Waals surface area contributed by atoms with Gasteiger partial charge in [0.2, 0.25) is 0 Å². The summed E-state index contributed by atoms with van der Waals surface area (Å²) in [6, 6.07) is 1.56. The van der Waals surface area contributed by atoms with Gasteiger partial charge in [-0.2, -0.15) is 0 Å². The lowest BCUT2D eigenvalue weighted by molar-refractivity contribution is 1.04. The molecule has 2 heterocycles. The normalized spacial score (nSPS) is 10.7. The van der Waals surface area contributed by atoms with Crippen LogP contribution in [0.1, 0.15) is 0 Å². The Labute approximate surface area is 66.8 Å². The third-order valence-corrected chi connectivity index (χ3v) is 1.60. The predicted molar refractivity (Wildman–Crippen MR) is 44.9 cm³/mol. The molecular formula is C6H7N5O. The first kappa shape index (κ1) is 6.71. The average Bonchev–Trinajstić information content (AvgIpc) is 2.33. The van der Waals surface area contributed by atoms with Gasteiger partial charge in [-0.05, 0) is 0 Å². The molecule has 0 saturated heterocycles. The van der Waals surface area contributed by atoms with E-state index < -0.39 is 0 Å². The smallest absolute Gasteiger partial charge is 0.277 e. The Hall–Kier alpha value is -1.98. The van der Waals surface area contributed by atoms with Crippen molar-refractivity contribution in [3.63, 3.8) is 0 Å². The predicted octanol–water partition coefficient (Wildman–Crippen LogP) is -0.979. The third-order valence-electron chi connectivity index (χ3n) is 1.60. The van der Waals surface area contributed by atoms with Gasteiger partial charge in [-0.3, -0.25) is 4.79 Å². The number of aromatic nitrogens is 3. The molecular weight excluding hydrogens is 158 g/mol. The van der Waals surface area contributed by atoms with Crippen LogP contribution in [0.3, 0.4) is 0 Å². The second-order valence-corrected chi connectivity index (χ2v) is 2.44. The lowest BCUT2D eigenvalue weighted by Gasteiger charge is -1.94. The maximum Gasteiger partial charge on any atom is 0.277 e. The molecule has 0 aromatic carbocycles. The molecule has 0 aliphatic rings. The summed E-state index contributed by atoms with van der Waals surface area (Å²) in [5.74, 6) is 5.74. The molecule has 5 N–H and O–H groups in total. The fourth-order valence-electron chi connectivity index (χ4n) is 1.06. The van der Waals surface area contributed by atoms with Crippen molar-refractivity contribution < 1.29 is 0 Å². The number of hydrogen-bond donors (Lipinski definition) is 3. The minimum absolute atomic E-state index is 0.278. The molecule has 0 spiro atoms. The van der Waals surface area contributed by atoms with Crippen molar-refractivity contribution in [3.05, 3.63) is 22.7 Å². The lowest BCUT2D eigenvalue weighted by atomic mass is 10.4. The summed E-state index contributed by atoms with van der Waals surface area (Å²) in [4.78, 5) is 17.4. The van der Waals surface area contributed by atoms with Crippen LogP contribution >= 0.6 is 0 Å². The highest BCUT2D eigenvalue weighted by atomic mass is 16.1. The van der Waals surface area contributed by atoms with Crippen LogP contribution in [0, 0.1) is 0 Å². The van der Waals surface area contributed by atoms with Crippen molar-refractivity contribution in [2.75, 3.05) is 11.6 Å². The van der Waals surface area contributed by atoms with Crippen molar-refractivity contribution in [2.24, 2.45) is 0 Å². The van der Waals surface area contributed by atoms with Gasteiger partial charge in [0.05, 0.1) is 5.52 Å². The minimum Gasteiger partial charge on any atom is -0.385 e. The zero-order chi connectivity index (χ0) is 8.72. The van der Waals surface area contributed by atoms with E-state index in [1.165, 1.54) is 11.0 Å². The van der Waals surface area contributed by atoms with Crippen molar-refractivity contribution in [1.82, 2.24) is 14.6 Å². The van der Waals surface area contributed by atoms with Gasteiger partial charge in [-0.15, -0.1) is 0 Å². The molecule has 0 fully saturated rings. The Morgan fingerprint density at radius 1 is 1.58 bits per heavy atom. The van der Waals surface area contributed by atoms with Crippen LogP contribution in [-0.4, -0.2) is 14.6 Å². The Morgan fingerprint density at radius 3 is 3.08 bits per heavy atom. The number of anilines is 1. The molecule has 12 heavy (non-hydrogen) atoms. The monoisotopic (exact) mass is 165 g/mol. The second-order valence-electron chi connectivity index (χ2n) is 2.44. The fourth-order valence-corrected chi connectivity index (χ4v) is 1.06. The number of nitrogens with one attached hydrogen (secondary N) is 1. The molecule has 0 aliphatic heterocycles. The first-order chi connectivity index (χ1) is 5.68. The number of pyridine rings is 1. The molecule has 0 unspecified atom stereocenters. The second kappa shape index (κ2) is 2.00. The van der Waals surface area contributed by atoms with Crippen LogP contribution in [0.5, 0.6) is 0 Å². The van der Waals surface area contributed by atoms with Gasteiger partial charge in [-0.25, -0.2) is 9.66 Å². The molecule has 0 aliphatic carbocycles. The van der Waals surface area contributed by atoms with Gasteiger partial charge in [-0.1, -0.05) is 0 Å². The standard InChI is InChI=1S/C6H7N5O/c7-4-1-3-5(6(12)10-4)9-2-11(3)8/h1-2H,8H2,(H3,7,10,12). The van der Waals surface area contributed by atoms with Crippen molar-refractivity contribution in [2.45, 2.75) is 0 Å². The maximum atomic E-state index is 11.1. The quantitative estimate of drug-likeness (QED) is 0.436. The summed E-state index contributed by atoms with van der Waals surface area (Å²) in [7, 11) is 0. The van der Waals surface area contributed by atoms with Gasteiger partial charge in [0.15, 0.2) is 5.52 Å².